The van der Waals surface area contributed by atoms with Gasteiger partial charge in [0.15, 0.2) is 11.5 Å². The van der Waals surface area contributed by atoms with E-state index in [2.05, 4.69) is 45.7 Å². The predicted molar refractivity (Wildman–Crippen MR) is 144 cm³/mol. The van der Waals surface area contributed by atoms with Crippen LogP contribution in [0.25, 0.3) is 22.8 Å². The van der Waals surface area contributed by atoms with Crippen LogP contribution in [0.3, 0.4) is 0 Å². The number of hydrogen-bond donors (Lipinski definition) is 2. The van der Waals surface area contributed by atoms with Crippen molar-refractivity contribution in [1.82, 2.24) is 29.7 Å². The van der Waals surface area contributed by atoms with E-state index >= 15 is 0 Å². The molecule has 0 amide bonds. The molecule has 3 aromatic heterocycles. The molecule has 3 aromatic rings. The number of fused-ring (bicyclic) bond motifs is 1. The van der Waals surface area contributed by atoms with Crippen molar-refractivity contribution in [1.29, 1.82) is 0 Å². The average molecular weight is 509 g/mol. The number of anilines is 2. The fourth-order valence-corrected chi connectivity index (χ4v) is 6.52. The van der Waals surface area contributed by atoms with Crippen LogP contribution in [0.5, 0.6) is 0 Å². The maximum Gasteiger partial charge on any atom is 0.439 e. The maximum atomic E-state index is 11.7. The molecular weight excluding hydrogens is 468 g/mol. The fourth-order valence-electron chi connectivity index (χ4n) is 6.52. The molecule has 37 heavy (non-hydrogen) atoms. The van der Waals surface area contributed by atoms with Crippen LogP contribution in [0, 0.1) is 17.8 Å². The molecule has 10 nitrogen and oxygen atoms in total. The number of H-pyrrole nitrogens is 1. The first-order chi connectivity index (χ1) is 18.0. The molecule has 0 radical (unpaired) electrons. The molecule has 1 aliphatic heterocycles. The van der Waals surface area contributed by atoms with Crippen molar-refractivity contribution < 1.29 is 4.52 Å². The Balaban J connectivity index is 1.48. The summed E-state index contributed by atoms with van der Waals surface area (Å²) in [7, 11) is 0. The topological polar surface area (TPSA) is 118 Å². The van der Waals surface area contributed by atoms with Crippen LogP contribution in [0.15, 0.2) is 9.32 Å². The minimum atomic E-state index is -0.614. The Kier molecular flexibility index (Phi) is 6.67. The Bertz CT molecular complexity index is 1280. The second-order valence-electron chi connectivity index (χ2n) is 11.7. The molecule has 6 rings (SSSR count). The summed E-state index contributed by atoms with van der Waals surface area (Å²) >= 11 is 0. The van der Waals surface area contributed by atoms with Gasteiger partial charge in [-0.2, -0.15) is 4.98 Å². The quantitative estimate of drug-likeness (QED) is 0.438. The van der Waals surface area contributed by atoms with Crippen molar-refractivity contribution in [3.8, 4) is 11.6 Å². The largest absolute Gasteiger partial charge is 0.439 e. The van der Waals surface area contributed by atoms with Crippen molar-refractivity contribution >= 4 is 22.9 Å². The van der Waals surface area contributed by atoms with E-state index in [0.29, 0.717) is 29.3 Å². The van der Waals surface area contributed by atoms with Gasteiger partial charge in [-0.25, -0.2) is 14.8 Å². The van der Waals surface area contributed by atoms with Gasteiger partial charge < -0.3 is 14.8 Å². The molecule has 2 aliphatic carbocycles. The molecule has 0 bridgehead atoms. The van der Waals surface area contributed by atoms with Crippen molar-refractivity contribution in [2.45, 2.75) is 104 Å². The lowest BCUT2D eigenvalue weighted by Gasteiger charge is -2.33. The zero-order valence-electron chi connectivity index (χ0n) is 22.4. The molecule has 2 atom stereocenters. The minimum absolute atomic E-state index is 0.233. The second-order valence-corrected chi connectivity index (χ2v) is 11.7. The number of aromatic nitrogens is 6. The van der Waals surface area contributed by atoms with Gasteiger partial charge in [-0.1, -0.05) is 38.3 Å². The maximum absolute atomic E-state index is 11.7. The van der Waals surface area contributed by atoms with Crippen LogP contribution in [0.4, 0.5) is 11.8 Å². The SMILES string of the molecule is CCC1CCCN1c1nc2nc(-c3noc(=O)[nH]3)nc(N[C@H](C)C3CCC3)c2n1C[C@H]1CC[C@H](C)CC1. The van der Waals surface area contributed by atoms with Gasteiger partial charge in [0.05, 0.1) is 0 Å². The number of aromatic amines is 1. The monoisotopic (exact) mass is 508 g/mol. The van der Waals surface area contributed by atoms with Gasteiger partial charge in [0.2, 0.25) is 17.6 Å². The van der Waals surface area contributed by atoms with E-state index in [1.54, 1.807) is 0 Å². The molecule has 1 saturated heterocycles. The minimum Gasteiger partial charge on any atom is -0.365 e. The van der Waals surface area contributed by atoms with Crippen molar-refractivity contribution in [3.63, 3.8) is 0 Å². The molecule has 0 spiro atoms. The molecule has 2 saturated carbocycles. The van der Waals surface area contributed by atoms with E-state index in [-0.39, 0.29) is 11.9 Å². The molecule has 3 aliphatic rings. The fraction of sp³-hybridized carbons (Fsp3) is 0.741. The highest BCUT2D eigenvalue weighted by molar-refractivity contribution is 5.87. The first-order valence-corrected chi connectivity index (χ1v) is 14.4. The third-order valence-electron chi connectivity index (χ3n) is 9.14. The molecule has 0 aromatic carbocycles. The van der Waals surface area contributed by atoms with Gasteiger partial charge in [0.25, 0.3) is 0 Å². The van der Waals surface area contributed by atoms with E-state index in [1.165, 1.54) is 57.8 Å². The van der Waals surface area contributed by atoms with Crippen molar-refractivity contribution in [2.75, 3.05) is 16.8 Å². The lowest BCUT2D eigenvalue weighted by molar-refractivity contribution is 0.266. The number of nitrogens with one attached hydrogen (secondary N) is 2. The second kappa shape index (κ2) is 10.1. The van der Waals surface area contributed by atoms with Crippen LogP contribution >= 0.6 is 0 Å². The highest BCUT2D eigenvalue weighted by Gasteiger charge is 2.32. The van der Waals surface area contributed by atoms with Gasteiger partial charge in [-0.15, -0.1) is 0 Å². The highest BCUT2D eigenvalue weighted by Crippen LogP contribution is 2.38. The van der Waals surface area contributed by atoms with Gasteiger partial charge in [0, 0.05) is 25.2 Å². The Hall–Kier alpha value is -2.91. The summed E-state index contributed by atoms with van der Waals surface area (Å²) in [6, 6.07) is 0.778. The molecular formula is C27H40N8O2. The van der Waals surface area contributed by atoms with Gasteiger partial charge >= 0.3 is 5.76 Å². The highest BCUT2D eigenvalue weighted by atomic mass is 16.5. The van der Waals surface area contributed by atoms with Crippen molar-refractivity contribution in [3.05, 3.63) is 10.6 Å². The Morgan fingerprint density at radius 1 is 1.08 bits per heavy atom. The number of imidazole rings is 1. The molecule has 10 heteroatoms. The van der Waals surface area contributed by atoms with Crippen LogP contribution in [0.2, 0.25) is 0 Å². The molecule has 2 N–H and O–H groups in total. The Morgan fingerprint density at radius 2 is 1.89 bits per heavy atom. The molecule has 4 heterocycles. The lowest BCUT2D eigenvalue weighted by atomic mass is 9.80. The van der Waals surface area contributed by atoms with Crippen LogP contribution in [-0.4, -0.2) is 48.3 Å². The Labute approximate surface area is 217 Å². The van der Waals surface area contributed by atoms with Gasteiger partial charge in [-0.3, -0.25) is 9.51 Å². The van der Waals surface area contributed by atoms with E-state index < -0.39 is 5.76 Å². The molecule has 3 fully saturated rings. The zero-order chi connectivity index (χ0) is 25.5. The average Bonchev–Trinajstić information content (AvgIpc) is 3.57. The van der Waals surface area contributed by atoms with E-state index in [0.717, 1.165) is 42.7 Å². The summed E-state index contributed by atoms with van der Waals surface area (Å²) in [6.45, 7) is 8.83. The summed E-state index contributed by atoms with van der Waals surface area (Å²) in [6.07, 6.45) is 12.3. The van der Waals surface area contributed by atoms with E-state index in [1.807, 2.05) is 0 Å². The normalized spacial score (nSPS) is 25.5. The Morgan fingerprint density at radius 3 is 2.57 bits per heavy atom. The first-order valence-electron chi connectivity index (χ1n) is 14.4. The van der Waals surface area contributed by atoms with Gasteiger partial charge in [0.1, 0.15) is 5.52 Å². The summed E-state index contributed by atoms with van der Waals surface area (Å²) in [5.41, 5.74) is 1.62. The van der Waals surface area contributed by atoms with Gasteiger partial charge in [-0.05, 0) is 69.6 Å². The van der Waals surface area contributed by atoms with E-state index in [9.17, 15) is 4.79 Å². The van der Waals surface area contributed by atoms with Crippen molar-refractivity contribution in [2.24, 2.45) is 17.8 Å². The predicted octanol–water partition coefficient (Wildman–Crippen LogP) is 4.98. The summed E-state index contributed by atoms with van der Waals surface area (Å²) < 4.78 is 7.18. The first kappa shape index (κ1) is 24.4. The van der Waals surface area contributed by atoms with Crippen LogP contribution < -0.4 is 16.0 Å². The third-order valence-corrected chi connectivity index (χ3v) is 9.14. The smallest absolute Gasteiger partial charge is 0.365 e. The number of hydrogen-bond acceptors (Lipinski definition) is 8. The van der Waals surface area contributed by atoms with E-state index in [4.69, 9.17) is 19.5 Å². The lowest BCUT2D eigenvalue weighted by Crippen LogP contribution is -2.32. The van der Waals surface area contributed by atoms with Crippen LogP contribution in [0.1, 0.15) is 85.0 Å². The molecule has 200 valence electrons. The summed E-state index contributed by atoms with van der Waals surface area (Å²) in [4.78, 5) is 31.7. The number of rotatable bonds is 8. The zero-order valence-corrected chi connectivity index (χ0v) is 22.4. The van der Waals surface area contributed by atoms with Crippen LogP contribution in [-0.2, 0) is 6.54 Å². The molecule has 1 unspecified atom stereocenters. The third kappa shape index (κ3) is 4.75. The summed E-state index contributed by atoms with van der Waals surface area (Å²) in [5, 5.41) is 7.60. The number of nitrogens with zero attached hydrogens (tertiary/aromatic N) is 6. The summed E-state index contributed by atoms with van der Waals surface area (Å²) in [5.74, 6) is 3.81. The standard InChI is InChI=1S/C27H40N8O2/c1-4-20-9-6-14-34(20)26-31-23-21(35(26)15-18-12-10-16(2)11-13-18)22(28-17(3)19-7-5-8-19)29-24(30-23)25-32-27(36)37-33-25/h16-20H,4-15H2,1-3H3,(H,28,29,30)(H,32,33,36)/t16-,17-,18-,20?/m1/s1.